The second-order valence-electron chi connectivity index (χ2n) is 3.84. The van der Waals surface area contributed by atoms with E-state index in [-0.39, 0.29) is 15.6 Å². The molecule has 1 heterocycles. The number of aromatic nitrogens is 2. The van der Waals surface area contributed by atoms with Gasteiger partial charge in [0.15, 0.2) is 0 Å². The Kier molecular flexibility index (Phi) is 3.87. The smallest absolute Gasteiger partial charge is 0.266 e. The zero-order valence-electron chi connectivity index (χ0n) is 9.49. The second-order valence-corrected chi connectivity index (χ2v) is 4.62. The largest absolute Gasteiger partial charge is 0.292 e. The topological polar surface area (TPSA) is 34.9 Å². The Hall–Kier alpha value is -1.46. The van der Waals surface area contributed by atoms with Crippen LogP contribution < -0.4 is 5.56 Å². The van der Waals surface area contributed by atoms with Gasteiger partial charge in [-0.05, 0) is 0 Å². The van der Waals surface area contributed by atoms with Gasteiger partial charge in [-0.1, -0.05) is 53.5 Å². The van der Waals surface area contributed by atoms with Crippen LogP contribution in [-0.4, -0.2) is 9.78 Å². The maximum atomic E-state index is 14.0. The maximum Gasteiger partial charge on any atom is 0.292 e. The van der Waals surface area contributed by atoms with Crippen LogP contribution in [0.25, 0.3) is 0 Å². The zero-order valence-corrected chi connectivity index (χ0v) is 11.0. The second kappa shape index (κ2) is 5.27. The number of rotatable bonds is 3. The van der Waals surface area contributed by atoms with Gasteiger partial charge in [0.25, 0.3) is 11.5 Å². The lowest BCUT2D eigenvalue weighted by atomic mass is 10.1. The lowest BCUT2D eigenvalue weighted by molar-refractivity contribution is -0.0267. The minimum absolute atomic E-state index is 0.0639. The molecule has 0 saturated heterocycles. The van der Waals surface area contributed by atoms with E-state index in [2.05, 4.69) is 5.10 Å². The number of alkyl halides is 2. The first-order valence-corrected chi connectivity index (χ1v) is 6.02. The molecule has 0 bridgehead atoms. The van der Waals surface area contributed by atoms with Crippen molar-refractivity contribution in [2.75, 3.05) is 0 Å². The van der Waals surface area contributed by atoms with Crippen molar-refractivity contribution in [1.29, 1.82) is 0 Å². The summed E-state index contributed by atoms with van der Waals surface area (Å²) in [5.74, 6) is -3.23. The Morgan fingerprint density at radius 2 is 1.84 bits per heavy atom. The molecule has 0 unspecified atom stereocenters. The van der Waals surface area contributed by atoms with Crippen LogP contribution in [0.2, 0.25) is 10.0 Å². The van der Waals surface area contributed by atoms with Crippen LogP contribution in [-0.2, 0) is 12.5 Å². The van der Waals surface area contributed by atoms with E-state index in [0.29, 0.717) is 4.68 Å². The molecule has 0 aliphatic carbocycles. The lowest BCUT2D eigenvalue weighted by Crippen LogP contribution is -2.31. The Balaban J connectivity index is 2.36. The highest BCUT2D eigenvalue weighted by Crippen LogP contribution is 2.29. The number of benzene rings is 1. The number of nitrogens with zero attached hydrogens (tertiary/aromatic N) is 2. The molecule has 0 amide bonds. The summed E-state index contributed by atoms with van der Waals surface area (Å²) in [5, 5.41) is 3.17. The highest BCUT2D eigenvalue weighted by atomic mass is 35.5. The number of hydrogen-bond donors (Lipinski definition) is 0. The van der Waals surface area contributed by atoms with Crippen LogP contribution in [0.5, 0.6) is 0 Å². The highest BCUT2D eigenvalue weighted by molar-refractivity contribution is 6.41. The van der Waals surface area contributed by atoms with E-state index in [4.69, 9.17) is 23.2 Å². The minimum Gasteiger partial charge on any atom is -0.266 e. The van der Waals surface area contributed by atoms with Gasteiger partial charge in [0.2, 0.25) is 0 Å². The Morgan fingerprint density at radius 3 is 2.47 bits per heavy atom. The Labute approximate surface area is 117 Å². The zero-order chi connectivity index (χ0) is 14.0. The lowest BCUT2D eigenvalue weighted by Gasteiger charge is -2.17. The Bertz CT molecular complexity index is 644. The monoisotopic (exact) mass is 304 g/mol. The van der Waals surface area contributed by atoms with E-state index in [1.54, 1.807) is 6.07 Å². The first-order chi connectivity index (χ1) is 8.92. The van der Waals surface area contributed by atoms with Gasteiger partial charge in [0.05, 0.1) is 11.2 Å². The summed E-state index contributed by atoms with van der Waals surface area (Å²) < 4.78 is 28.6. The van der Waals surface area contributed by atoms with Gasteiger partial charge in [0.1, 0.15) is 11.6 Å². The van der Waals surface area contributed by atoms with E-state index in [1.165, 1.54) is 24.3 Å². The van der Waals surface area contributed by atoms with Crippen LogP contribution in [0.4, 0.5) is 8.78 Å². The predicted molar refractivity (Wildman–Crippen MR) is 68.9 cm³/mol. The van der Waals surface area contributed by atoms with Crippen LogP contribution in [0.1, 0.15) is 5.56 Å². The van der Waals surface area contributed by atoms with Gasteiger partial charge in [0, 0.05) is 5.56 Å². The summed E-state index contributed by atoms with van der Waals surface area (Å²) in [6.07, 6.45) is 1.06. The van der Waals surface area contributed by atoms with Gasteiger partial charge in [-0.15, -0.1) is 0 Å². The molecule has 7 heteroatoms. The molecule has 0 atom stereocenters. The average molecular weight is 305 g/mol. The minimum atomic E-state index is -3.23. The van der Waals surface area contributed by atoms with Crippen LogP contribution in [0.15, 0.2) is 41.3 Å². The number of hydrogen-bond acceptors (Lipinski definition) is 2. The van der Waals surface area contributed by atoms with Crippen LogP contribution in [0, 0.1) is 0 Å². The first kappa shape index (κ1) is 14.0. The summed E-state index contributed by atoms with van der Waals surface area (Å²) >= 11 is 11.2. The van der Waals surface area contributed by atoms with E-state index in [9.17, 15) is 13.6 Å². The van der Waals surface area contributed by atoms with Gasteiger partial charge >= 0.3 is 0 Å². The third-order valence-corrected chi connectivity index (χ3v) is 3.24. The van der Waals surface area contributed by atoms with Crippen molar-refractivity contribution >= 4 is 23.2 Å². The molecule has 1 aromatic carbocycles. The van der Waals surface area contributed by atoms with Crippen LogP contribution >= 0.6 is 23.2 Å². The van der Waals surface area contributed by atoms with Crippen molar-refractivity contribution in [3.8, 4) is 0 Å². The molecule has 3 nitrogen and oxygen atoms in total. The summed E-state index contributed by atoms with van der Waals surface area (Å²) in [6, 6.07) is 7.18. The third kappa shape index (κ3) is 2.93. The molecule has 0 aliphatic rings. The van der Waals surface area contributed by atoms with Crippen molar-refractivity contribution in [2.45, 2.75) is 12.5 Å². The van der Waals surface area contributed by atoms with Gasteiger partial charge < -0.3 is 0 Å². The average Bonchev–Trinajstić information content (AvgIpc) is 2.40. The molecule has 100 valence electrons. The summed E-state index contributed by atoms with van der Waals surface area (Å²) in [4.78, 5) is 11.6. The van der Waals surface area contributed by atoms with Gasteiger partial charge in [-0.3, -0.25) is 4.79 Å². The molecule has 0 spiro atoms. The molecule has 0 aliphatic heterocycles. The molecule has 0 saturated carbocycles. The SMILES string of the molecule is O=c1c(Cl)c(Cl)cnn1CC(F)(F)c1ccccc1. The van der Waals surface area contributed by atoms with E-state index < -0.39 is 18.0 Å². The van der Waals surface area contributed by atoms with Crippen LogP contribution in [0.3, 0.4) is 0 Å². The molecule has 2 aromatic rings. The van der Waals surface area contributed by atoms with Crippen molar-refractivity contribution in [1.82, 2.24) is 9.78 Å². The standard InChI is InChI=1S/C12H8Cl2F2N2O/c13-9-6-17-18(11(19)10(9)14)7-12(15,16)8-4-2-1-3-5-8/h1-6H,7H2. The normalized spacial score (nSPS) is 11.6. The fraction of sp³-hybridized carbons (Fsp3) is 0.167. The summed E-state index contributed by atoms with van der Waals surface area (Å²) in [5.41, 5.74) is -1.04. The van der Waals surface area contributed by atoms with Crippen molar-refractivity contribution in [3.63, 3.8) is 0 Å². The Morgan fingerprint density at radius 1 is 1.21 bits per heavy atom. The fourth-order valence-corrected chi connectivity index (χ4v) is 1.79. The summed E-state index contributed by atoms with van der Waals surface area (Å²) in [7, 11) is 0. The fourth-order valence-electron chi connectivity index (χ4n) is 1.52. The van der Waals surface area contributed by atoms with E-state index in [0.717, 1.165) is 6.20 Å². The molecule has 0 fully saturated rings. The first-order valence-electron chi connectivity index (χ1n) is 5.26. The van der Waals surface area contributed by atoms with E-state index in [1.807, 2.05) is 0 Å². The van der Waals surface area contributed by atoms with Crippen molar-refractivity contribution in [2.24, 2.45) is 0 Å². The van der Waals surface area contributed by atoms with Gasteiger partial charge in [-0.25, -0.2) is 4.68 Å². The molecular formula is C12H8Cl2F2N2O. The quantitative estimate of drug-likeness (QED) is 0.871. The van der Waals surface area contributed by atoms with E-state index >= 15 is 0 Å². The molecule has 19 heavy (non-hydrogen) atoms. The van der Waals surface area contributed by atoms with Crippen molar-refractivity contribution < 1.29 is 8.78 Å². The molecular weight excluding hydrogens is 297 g/mol. The third-order valence-electron chi connectivity index (χ3n) is 2.49. The molecule has 0 N–H and O–H groups in total. The molecule has 1 aromatic heterocycles. The highest BCUT2D eigenvalue weighted by Gasteiger charge is 2.33. The summed E-state index contributed by atoms with van der Waals surface area (Å²) in [6.45, 7) is -0.896. The molecule has 0 radical (unpaired) electrons. The molecule has 2 rings (SSSR count). The van der Waals surface area contributed by atoms with Crippen molar-refractivity contribution in [3.05, 3.63) is 62.5 Å². The predicted octanol–water partition coefficient (Wildman–Crippen LogP) is 3.34. The number of halogens is 4. The maximum absolute atomic E-state index is 14.0. The van der Waals surface area contributed by atoms with Gasteiger partial charge in [-0.2, -0.15) is 13.9 Å².